The van der Waals surface area contributed by atoms with Gasteiger partial charge in [0.15, 0.2) is 11.5 Å². The van der Waals surface area contributed by atoms with Gasteiger partial charge < -0.3 is 14.8 Å². The third-order valence-corrected chi connectivity index (χ3v) is 5.35. The third kappa shape index (κ3) is 2.32. The van der Waals surface area contributed by atoms with Gasteiger partial charge >= 0.3 is 0 Å². The van der Waals surface area contributed by atoms with Crippen LogP contribution in [-0.2, 0) is 5.41 Å². The maximum Gasteiger partial charge on any atom is 0.161 e. The molecule has 1 aromatic carbocycles. The molecule has 1 spiro atoms. The average molecular weight is 289 g/mol. The van der Waals surface area contributed by atoms with E-state index in [2.05, 4.69) is 31.3 Å². The first-order valence-electron chi connectivity index (χ1n) is 8.11. The van der Waals surface area contributed by atoms with Crippen molar-refractivity contribution in [3.63, 3.8) is 0 Å². The largest absolute Gasteiger partial charge is 0.493 e. The number of hydrogen-bond donors (Lipinski definition) is 1. The van der Waals surface area contributed by atoms with Gasteiger partial charge in [-0.15, -0.1) is 0 Å². The van der Waals surface area contributed by atoms with Crippen molar-refractivity contribution >= 4 is 0 Å². The molecule has 0 bridgehead atoms. The molecule has 1 heterocycles. The van der Waals surface area contributed by atoms with Gasteiger partial charge in [-0.25, -0.2) is 0 Å². The van der Waals surface area contributed by atoms with E-state index in [-0.39, 0.29) is 0 Å². The van der Waals surface area contributed by atoms with E-state index in [1.807, 2.05) is 0 Å². The van der Waals surface area contributed by atoms with Crippen LogP contribution in [0.15, 0.2) is 12.1 Å². The number of ether oxygens (including phenoxy) is 2. The fraction of sp³-hybridized carbons (Fsp3) is 0.667. The molecular weight excluding hydrogens is 262 g/mol. The van der Waals surface area contributed by atoms with Crippen LogP contribution in [0, 0.1) is 5.92 Å². The highest BCUT2D eigenvalue weighted by atomic mass is 16.5. The zero-order valence-electron chi connectivity index (χ0n) is 13.7. The predicted molar refractivity (Wildman–Crippen MR) is 85.3 cm³/mol. The van der Waals surface area contributed by atoms with Crippen LogP contribution in [0.1, 0.15) is 56.7 Å². The first-order chi connectivity index (χ1) is 10.1. The lowest BCUT2D eigenvalue weighted by Gasteiger charge is -2.42. The average Bonchev–Trinajstić information content (AvgIpc) is 2.95. The van der Waals surface area contributed by atoms with Crippen LogP contribution < -0.4 is 14.8 Å². The Bertz CT molecular complexity index is 518. The van der Waals surface area contributed by atoms with Gasteiger partial charge in [-0.05, 0) is 42.0 Å². The topological polar surface area (TPSA) is 30.5 Å². The molecule has 3 heteroatoms. The summed E-state index contributed by atoms with van der Waals surface area (Å²) in [6.07, 6.45) is 5.24. The Labute approximate surface area is 128 Å². The van der Waals surface area contributed by atoms with Crippen molar-refractivity contribution in [3.05, 3.63) is 23.3 Å². The van der Waals surface area contributed by atoms with E-state index in [0.29, 0.717) is 17.4 Å². The van der Waals surface area contributed by atoms with Crippen LogP contribution in [-0.4, -0.2) is 20.8 Å². The minimum absolute atomic E-state index is 0.306. The fourth-order valence-corrected chi connectivity index (χ4v) is 4.21. The molecule has 116 valence electrons. The standard InChI is InChI=1S/C18H27NO2/c1-12(2)17-13-9-15(20-3)16(21-4)10-14(13)18(11-19-17)7-5-6-8-18/h9-10,12,17,19H,5-8,11H2,1-4H3. The van der Waals surface area contributed by atoms with Crippen LogP contribution >= 0.6 is 0 Å². The number of benzene rings is 1. The Morgan fingerprint density at radius 2 is 1.71 bits per heavy atom. The molecule has 0 amide bonds. The monoisotopic (exact) mass is 289 g/mol. The van der Waals surface area contributed by atoms with Gasteiger partial charge in [-0.1, -0.05) is 26.7 Å². The first-order valence-corrected chi connectivity index (χ1v) is 8.11. The molecule has 1 aliphatic heterocycles. The minimum atomic E-state index is 0.306. The van der Waals surface area contributed by atoms with Gasteiger partial charge in [0.05, 0.1) is 14.2 Å². The second-order valence-electron chi connectivity index (χ2n) is 6.88. The minimum Gasteiger partial charge on any atom is -0.493 e. The van der Waals surface area contributed by atoms with Gasteiger partial charge in [-0.2, -0.15) is 0 Å². The van der Waals surface area contributed by atoms with Crippen molar-refractivity contribution in [1.82, 2.24) is 5.32 Å². The maximum atomic E-state index is 5.56. The van der Waals surface area contributed by atoms with E-state index in [0.717, 1.165) is 18.0 Å². The Hall–Kier alpha value is -1.22. The van der Waals surface area contributed by atoms with Gasteiger partial charge in [0.1, 0.15) is 0 Å². The van der Waals surface area contributed by atoms with Crippen molar-refractivity contribution in [2.24, 2.45) is 5.92 Å². The van der Waals surface area contributed by atoms with Gasteiger partial charge in [0.25, 0.3) is 0 Å². The van der Waals surface area contributed by atoms with E-state index in [9.17, 15) is 0 Å². The maximum absolute atomic E-state index is 5.56. The summed E-state index contributed by atoms with van der Waals surface area (Å²) in [7, 11) is 3.45. The summed E-state index contributed by atoms with van der Waals surface area (Å²) in [5.74, 6) is 2.28. The number of hydrogen-bond acceptors (Lipinski definition) is 3. The Morgan fingerprint density at radius 1 is 1.10 bits per heavy atom. The molecule has 0 radical (unpaired) electrons. The molecule has 2 aliphatic rings. The lowest BCUT2D eigenvalue weighted by Crippen LogP contribution is -2.45. The fourth-order valence-electron chi connectivity index (χ4n) is 4.21. The highest BCUT2D eigenvalue weighted by molar-refractivity contribution is 5.53. The van der Waals surface area contributed by atoms with Crippen LogP contribution in [0.3, 0.4) is 0 Å². The third-order valence-electron chi connectivity index (χ3n) is 5.35. The lowest BCUT2D eigenvalue weighted by atomic mass is 9.71. The molecule has 1 aliphatic carbocycles. The highest BCUT2D eigenvalue weighted by Crippen LogP contribution is 2.49. The van der Waals surface area contributed by atoms with Crippen molar-refractivity contribution in [3.8, 4) is 11.5 Å². The zero-order valence-corrected chi connectivity index (χ0v) is 13.7. The predicted octanol–water partition coefficient (Wildman–Crippen LogP) is 3.82. The molecule has 21 heavy (non-hydrogen) atoms. The molecule has 1 saturated carbocycles. The molecule has 1 atom stereocenters. The summed E-state index contributed by atoms with van der Waals surface area (Å²) in [5, 5.41) is 3.80. The lowest BCUT2D eigenvalue weighted by molar-refractivity contribution is 0.293. The van der Waals surface area contributed by atoms with Gasteiger partial charge in [0, 0.05) is 18.0 Å². The first kappa shape index (κ1) is 14.7. The number of rotatable bonds is 3. The SMILES string of the molecule is COc1cc2c(cc1OC)C1(CCCC1)CNC2C(C)C. The van der Waals surface area contributed by atoms with Crippen molar-refractivity contribution in [2.75, 3.05) is 20.8 Å². The second kappa shape index (κ2) is 5.53. The van der Waals surface area contributed by atoms with Crippen LogP contribution in [0.25, 0.3) is 0 Å². The van der Waals surface area contributed by atoms with E-state index in [1.54, 1.807) is 14.2 Å². The normalized spacial score (nSPS) is 23.4. The summed E-state index contributed by atoms with van der Waals surface area (Å²) in [5.41, 5.74) is 3.21. The molecule has 3 nitrogen and oxygen atoms in total. The van der Waals surface area contributed by atoms with Crippen molar-refractivity contribution < 1.29 is 9.47 Å². The molecule has 1 unspecified atom stereocenters. The summed E-state index contributed by atoms with van der Waals surface area (Å²) < 4.78 is 11.1. The molecule has 3 rings (SSSR count). The van der Waals surface area contributed by atoms with Crippen molar-refractivity contribution in [2.45, 2.75) is 51.0 Å². The number of nitrogens with one attached hydrogen (secondary N) is 1. The zero-order chi connectivity index (χ0) is 15.0. The van der Waals surface area contributed by atoms with Crippen LogP contribution in [0.2, 0.25) is 0 Å². The molecular formula is C18H27NO2. The number of methoxy groups -OCH3 is 2. The van der Waals surface area contributed by atoms with Gasteiger partial charge in [-0.3, -0.25) is 0 Å². The Balaban J connectivity index is 2.16. The summed E-state index contributed by atoms with van der Waals surface area (Å²) in [6.45, 7) is 5.66. The summed E-state index contributed by atoms with van der Waals surface area (Å²) in [4.78, 5) is 0. The quantitative estimate of drug-likeness (QED) is 0.917. The number of fused-ring (bicyclic) bond motifs is 2. The Morgan fingerprint density at radius 3 is 2.29 bits per heavy atom. The molecule has 0 saturated heterocycles. The second-order valence-corrected chi connectivity index (χ2v) is 6.88. The Kier molecular flexibility index (Phi) is 3.87. The summed E-state index contributed by atoms with van der Waals surface area (Å²) >= 11 is 0. The molecule has 0 aromatic heterocycles. The molecule has 1 fully saturated rings. The van der Waals surface area contributed by atoms with Crippen LogP contribution in [0.5, 0.6) is 11.5 Å². The summed E-state index contributed by atoms with van der Waals surface area (Å²) in [6, 6.07) is 4.85. The van der Waals surface area contributed by atoms with E-state index in [1.165, 1.54) is 36.8 Å². The van der Waals surface area contributed by atoms with Crippen molar-refractivity contribution in [1.29, 1.82) is 0 Å². The van der Waals surface area contributed by atoms with Gasteiger partial charge in [0.2, 0.25) is 0 Å². The van der Waals surface area contributed by atoms with E-state index >= 15 is 0 Å². The molecule has 1 aromatic rings. The highest BCUT2D eigenvalue weighted by Gasteiger charge is 2.43. The van der Waals surface area contributed by atoms with E-state index < -0.39 is 0 Å². The van der Waals surface area contributed by atoms with E-state index in [4.69, 9.17) is 9.47 Å². The molecule has 1 N–H and O–H groups in total. The smallest absolute Gasteiger partial charge is 0.161 e. The van der Waals surface area contributed by atoms with Crippen LogP contribution in [0.4, 0.5) is 0 Å².